The normalized spacial score (nSPS) is 12.5. The van der Waals surface area contributed by atoms with Crippen molar-refractivity contribution in [1.82, 2.24) is 5.32 Å². The number of aliphatic hydroxyl groups excluding tert-OH is 1. The van der Waals surface area contributed by atoms with Crippen molar-refractivity contribution in [3.05, 3.63) is 23.7 Å². The summed E-state index contributed by atoms with van der Waals surface area (Å²) in [7, 11) is 0. The molecule has 1 heterocycles. The Morgan fingerprint density at radius 3 is 2.92 bits per heavy atom. The van der Waals surface area contributed by atoms with E-state index in [0.717, 1.165) is 0 Å². The van der Waals surface area contributed by atoms with Crippen LogP contribution in [-0.2, 0) is 0 Å². The molecule has 0 aromatic carbocycles. The molecule has 4 nitrogen and oxygen atoms in total. The Hall–Kier alpha value is -1.29. The highest BCUT2D eigenvalue weighted by Gasteiger charge is 2.10. The van der Waals surface area contributed by atoms with Crippen molar-refractivity contribution in [1.29, 1.82) is 0 Å². The molecule has 1 rings (SSSR count). The Labute approximate surface area is 76.6 Å². The quantitative estimate of drug-likeness (QED) is 0.725. The third-order valence-electron chi connectivity index (χ3n) is 1.64. The minimum absolute atomic E-state index is 0.0669. The highest BCUT2D eigenvalue weighted by molar-refractivity contribution is 5.94. The van der Waals surface area contributed by atoms with Crippen molar-refractivity contribution in [3.8, 4) is 0 Å². The monoisotopic (exact) mass is 183 g/mol. The lowest BCUT2D eigenvalue weighted by Crippen LogP contribution is -2.34. The summed E-state index contributed by atoms with van der Waals surface area (Å²) in [5.74, 6) is 0.472. The number of carbonyl (C=O) groups is 1. The number of hydrogen-bond donors (Lipinski definition) is 2. The molecule has 1 aromatic rings. The highest BCUT2D eigenvalue weighted by Crippen LogP contribution is 2.05. The van der Waals surface area contributed by atoms with Gasteiger partial charge in [0.2, 0.25) is 0 Å². The summed E-state index contributed by atoms with van der Waals surface area (Å²) in [6, 6.07) is 1.42. The first kappa shape index (κ1) is 9.80. The van der Waals surface area contributed by atoms with E-state index in [1.54, 1.807) is 19.9 Å². The smallest absolute Gasteiger partial charge is 0.254 e. The summed E-state index contributed by atoms with van der Waals surface area (Å²) in [4.78, 5) is 11.3. The molecule has 1 aromatic heterocycles. The van der Waals surface area contributed by atoms with E-state index in [2.05, 4.69) is 5.32 Å². The average molecular weight is 183 g/mol. The predicted molar refractivity (Wildman–Crippen MR) is 47.5 cm³/mol. The summed E-state index contributed by atoms with van der Waals surface area (Å²) < 4.78 is 4.98. The van der Waals surface area contributed by atoms with Gasteiger partial charge in [0.15, 0.2) is 0 Å². The Morgan fingerprint density at radius 1 is 1.77 bits per heavy atom. The first-order valence-electron chi connectivity index (χ1n) is 4.10. The number of rotatable bonds is 3. The van der Waals surface area contributed by atoms with Crippen LogP contribution in [0.15, 0.2) is 16.7 Å². The summed E-state index contributed by atoms with van der Waals surface area (Å²) in [6.07, 6.45) is 1.40. The first-order valence-corrected chi connectivity index (χ1v) is 4.10. The van der Waals surface area contributed by atoms with Gasteiger partial charge in [-0.15, -0.1) is 0 Å². The third kappa shape index (κ3) is 2.59. The van der Waals surface area contributed by atoms with Gasteiger partial charge in [-0.2, -0.15) is 0 Å². The fraction of sp³-hybridized carbons (Fsp3) is 0.444. The van der Waals surface area contributed by atoms with Gasteiger partial charge < -0.3 is 14.8 Å². The molecule has 0 aliphatic rings. The van der Waals surface area contributed by atoms with Crippen LogP contribution >= 0.6 is 0 Å². The zero-order valence-corrected chi connectivity index (χ0v) is 7.70. The van der Waals surface area contributed by atoms with Gasteiger partial charge in [-0.1, -0.05) is 0 Å². The Kier molecular flexibility index (Phi) is 3.08. The van der Waals surface area contributed by atoms with Gasteiger partial charge in [0.25, 0.3) is 5.91 Å². The lowest BCUT2D eigenvalue weighted by atomic mass is 10.2. The molecule has 0 saturated heterocycles. The Balaban J connectivity index is 2.58. The number of nitrogens with one attached hydrogen (secondary N) is 1. The minimum atomic E-state index is -0.234. The molecule has 0 bridgehead atoms. The largest absolute Gasteiger partial charge is 0.469 e. The van der Waals surface area contributed by atoms with Gasteiger partial charge >= 0.3 is 0 Å². The number of amides is 1. The van der Waals surface area contributed by atoms with Crippen LogP contribution in [0.3, 0.4) is 0 Å². The number of carbonyl (C=O) groups excluding carboxylic acids is 1. The molecule has 0 radical (unpaired) electrons. The zero-order chi connectivity index (χ0) is 9.84. The van der Waals surface area contributed by atoms with Crippen LogP contribution in [0.5, 0.6) is 0 Å². The van der Waals surface area contributed by atoms with E-state index >= 15 is 0 Å². The molecule has 0 spiro atoms. The molecule has 0 aliphatic heterocycles. The summed E-state index contributed by atoms with van der Waals surface area (Å²) in [6.45, 7) is 3.43. The summed E-state index contributed by atoms with van der Waals surface area (Å²) >= 11 is 0. The van der Waals surface area contributed by atoms with E-state index in [1.807, 2.05) is 0 Å². The molecule has 4 heteroatoms. The van der Waals surface area contributed by atoms with E-state index in [1.165, 1.54) is 6.26 Å². The fourth-order valence-corrected chi connectivity index (χ4v) is 0.915. The van der Waals surface area contributed by atoms with E-state index in [9.17, 15) is 4.79 Å². The second kappa shape index (κ2) is 4.09. The molecule has 1 atom stereocenters. The Bertz CT molecular complexity index is 293. The topological polar surface area (TPSA) is 62.5 Å². The van der Waals surface area contributed by atoms with Crippen LogP contribution in [0.4, 0.5) is 0 Å². The second-order valence-corrected chi connectivity index (χ2v) is 3.00. The summed E-state index contributed by atoms with van der Waals surface area (Å²) in [5.41, 5.74) is 0.484. The van der Waals surface area contributed by atoms with E-state index in [4.69, 9.17) is 9.52 Å². The maximum absolute atomic E-state index is 11.3. The van der Waals surface area contributed by atoms with Crippen LogP contribution in [0.2, 0.25) is 0 Å². The predicted octanol–water partition coefficient (Wildman–Crippen LogP) is 0.699. The molecule has 0 fully saturated rings. The maximum atomic E-state index is 11.3. The summed E-state index contributed by atoms with van der Waals surface area (Å²) in [5, 5.41) is 11.3. The third-order valence-corrected chi connectivity index (χ3v) is 1.64. The number of aryl methyl sites for hydroxylation is 1. The van der Waals surface area contributed by atoms with Crippen LogP contribution in [-0.4, -0.2) is 23.7 Å². The van der Waals surface area contributed by atoms with Gasteiger partial charge in [0.05, 0.1) is 12.2 Å². The molecule has 0 aliphatic carbocycles. The van der Waals surface area contributed by atoms with Crippen LogP contribution < -0.4 is 5.32 Å². The van der Waals surface area contributed by atoms with Crippen molar-refractivity contribution in [2.75, 3.05) is 6.61 Å². The number of furan rings is 1. The van der Waals surface area contributed by atoms with Gasteiger partial charge in [-0.05, 0) is 19.9 Å². The lowest BCUT2D eigenvalue weighted by Gasteiger charge is -2.08. The lowest BCUT2D eigenvalue weighted by molar-refractivity contribution is 0.0921. The van der Waals surface area contributed by atoms with Gasteiger partial charge in [0, 0.05) is 6.04 Å². The molecule has 2 N–H and O–H groups in total. The molecule has 13 heavy (non-hydrogen) atoms. The minimum Gasteiger partial charge on any atom is -0.469 e. The molecule has 72 valence electrons. The van der Waals surface area contributed by atoms with E-state index < -0.39 is 0 Å². The Morgan fingerprint density at radius 2 is 2.46 bits per heavy atom. The number of aliphatic hydroxyl groups is 1. The fourth-order valence-electron chi connectivity index (χ4n) is 0.915. The van der Waals surface area contributed by atoms with Crippen molar-refractivity contribution >= 4 is 5.91 Å². The molecular weight excluding hydrogens is 170 g/mol. The van der Waals surface area contributed by atoms with Gasteiger partial charge in [-0.3, -0.25) is 4.79 Å². The van der Waals surface area contributed by atoms with Gasteiger partial charge in [0.1, 0.15) is 12.0 Å². The molecular formula is C9H13NO3. The second-order valence-electron chi connectivity index (χ2n) is 3.00. The molecule has 1 amide bonds. The van der Waals surface area contributed by atoms with Crippen molar-refractivity contribution < 1.29 is 14.3 Å². The van der Waals surface area contributed by atoms with Crippen molar-refractivity contribution in [3.63, 3.8) is 0 Å². The van der Waals surface area contributed by atoms with Crippen molar-refractivity contribution in [2.45, 2.75) is 19.9 Å². The first-order chi connectivity index (χ1) is 6.13. The number of hydrogen-bond acceptors (Lipinski definition) is 3. The van der Waals surface area contributed by atoms with Gasteiger partial charge in [-0.25, -0.2) is 0 Å². The van der Waals surface area contributed by atoms with Crippen LogP contribution in [0, 0.1) is 6.92 Å². The SMILES string of the molecule is Cc1cc(C(=O)NC(C)CO)co1. The van der Waals surface area contributed by atoms with Crippen LogP contribution in [0.25, 0.3) is 0 Å². The van der Waals surface area contributed by atoms with E-state index in [-0.39, 0.29) is 18.6 Å². The average Bonchev–Trinajstić information content (AvgIpc) is 2.51. The standard InChI is InChI=1S/C9H13NO3/c1-6(4-11)10-9(12)8-3-7(2)13-5-8/h3,5-6,11H,4H2,1-2H3,(H,10,12). The highest BCUT2D eigenvalue weighted by atomic mass is 16.3. The zero-order valence-electron chi connectivity index (χ0n) is 7.70. The van der Waals surface area contributed by atoms with Crippen LogP contribution in [0.1, 0.15) is 23.0 Å². The van der Waals surface area contributed by atoms with Crippen molar-refractivity contribution in [2.24, 2.45) is 0 Å². The van der Waals surface area contributed by atoms with E-state index in [0.29, 0.717) is 11.3 Å². The molecule has 1 unspecified atom stereocenters. The molecule has 0 saturated carbocycles. The maximum Gasteiger partial charge on any atom is 0.254 e.